The number of aryl methyl sites for hydroxylation is 1. The third-order valence-corrected chi connectivity index (χ3v) is 6.85. The highest BCUT2D eigenvalue weighted by molar-refractivity contribution is 5.76. The molecule has 10 heteroatoms. The Morgan fingerprint density at radius 1 is 1.35 bits per heavy atom. The summed E-state index contributed by atoms with van der Waals surface area (Å²) in [5, 5.41) is 26.3. The third-order valence-electron chi connectivity index (χ3n) is 6.85. The minimum absolute atomic E-state index is 0.0246. The molecule has 2 aliphatic rings. The average Bonchev–Trinajstić information content (AvgIpc) is 3.25. The summed E-state index contributed by atoms with van der Waals surface area (Å²) in [7, 11) is 2.07. The van der Waals surface area contributed by atoms with Gasteiger partial charge < -0.3 is 30.1 Å². The smallest absolute Gasteiger partial charge is 0.237 e. The molecule has 0 radical (unpaired) electrons. The fourth-order valence-electron chi connectivity index (χ4n) is 4.67. The number of fused-ring (bicyclic) bond motifs is 1. The van der Waals surface area contributed by atoms with Gasteiger partial charge in [-0.1, -0.05) is 6.92 Å². The first-order valence-corrected chi connectivity index (χ1v) is 12.3. The van der Waals surface area contributed by atoms with E-state index in [9.17, 15) is 10.4 Å². The van der Waals surface area contributed by atoms with E-state index in [1.807, 2.05) is 32.0 Å². The van der Waals surface area contributed by atoms with Crippen LogP contribution in [0.25, 0.3) is 11.3 Å². The highest BCUT2D eigenvalue weighted by Crippen LogP contribution is 2.41. The number of aliphatic hydroxyl groups is 1. The van der Waals surface area contributed by atoms with Gasteiger partial charge in [-0.25, -0.2) is 15.0 Å². The molecule has 4 heterocycles. The topological polar surface area (TPSA) is 128 Å². The number of hydrogen-bond donors (Lipinski definition) is 3. The van der Waals surface area contributed by atoms with E-state index in [0.29, 0.717) is 48.5 Å². The molecular formula is C27H31N7O3. The first-order valence-electron chi connectivity index (χ1n) is 12.3. The molecule has 0 aliphatic carbocycles. The van der Waals surface area contributed by atoms with Crippen LogP contribution in [0, 0.1) is 18.3 Å². The van der Waals surface area contributed by atoms with Crippen molar-refractivity contribution in [1.29, 1.82) is 5.26 Å². The van der Waals surface area contributed by atoms with Crippen LogP contribution in [0.4, 0.5) is 17.3 Å². The van der Waals surface area contributed by atoms with Crippen LogP contribution < -0.4 is 15.4 Å². The predicted molar refractivity (Wildman–Crippen MR) is 140 cm³/mol. The van der Waals surface area contributed by atoms with Gasteiger partial charge in [0.1, 0.15) is 24.5 Å². The fraction of sp³-hybridized carbons (Fsp3) is 0.407. The van der Waals surface area contributed by atoms with Crippen molar-refractivity contribution in [3.63, 3.8) is 0 Å². The molecule has 0 spiro atoms. The number of pyridine rings is 1. The summed E-state index contributed by atoms with van der Waals surface area (Å²) >= 11 is 0. The van der Waals surface area contributed by atoms with E-state index in [2.05, 4.69) is 38.6 Å². The summed E-state index contributed by atoms with van der Waals surface area (Å²) in [6.07, 6.45) is 3.40. The van der Waals surface area contributed by atoms with E-state index in [-0.39, 0.29) is 12.7 Å². The molecule has 1 fully saturated rings. The van der Waals surface area contributed by atoms with E-state index >= 15 is 0 Å². The molecule has 0 amide bonds. The van der Waals surface area contributed by atoms with Crippen molar-refractivity contribution in [3.05, 3.63) is 53.3 Å². The summed E-state index contributed by atoms with van der Waals surface area (Å²) in [5.41, 5.74) is 4.79. The van der Waals surface area contributed by atoms with Gasteiger partial charge in [-0.3, -0.25) is 0 Å². The number of nitrogens with zero attached hydrogens (tertiary/aromatic N) is 5. The second kappa shape index (κ2) is 10.3. The molecule has 2 aromatic heterocycles. The van der Waals surface area contributed by atoms with E-state index in [0.717, 1.165) is 35.5 Å². The molecule has 3 N–H and O–H groups in total. The number of ether oxygens (including phenoxy) is 2. The van der Waals surface area contributed by atoms with E-state index in [1.165, 1.54) is 0 Å². The number of hydrogen-bond acceptors (Lipinski definition) is 10. The van der Waals surface area contributed by atoms with Crippen molar-refractivity contribution >= 4 is 17.3 Å². The number of anilines is 3. The van der Waals surface area contributed by atoms with Crippen molar-refractivity contribution < 1.29 is 14.6 Å². The fourth-order valence-corrected chi connectivity index (χ4v) is 4.67. The van der Waals surface area contributed by atoms with Gasteiger partial charge in [0.05, 0.1) is 30.2 Å². The number of aliphatic hydroxyl groups excluding tert-OH is 1. The lowest BCUT2D eigenvalue weighted by Gasteiger charge is -2.29. The van der Waals surface area contributed by atoms with Gasteiger partial charge in [0.25, 0.3) is 0 Å². The second-order valence-corrected chi connectivity index (χ2v) is 9.95. The van der Waals surface area contributed by atoms with Crippen LogP contribution in [0.3, 0.4) is 0 Å². The van der Waals surface area contributed by atoms with E-state index < -0.39 is 5.41 Å². The van der Waals surface area contributed by atoms with Crippen LogP contribution in [-0.4, -0.2) is 77.6 Å². The molecular weight excluding hydrogens is 470 g/mol. The lowest BCUT2D eigenvalue weighted by molar-refractivity contribution is -0.0408. The Labute approximate surface area is 216 Å². The van der Waals surface area contributed by atoms with Crippen LogP contribution in [0.1, 0.15) is 23.6 Å². The van der Waals surface area contributed by atoms with Gasteiger partial charge in [-0.05, 0) is 49.4 Å². The molecule has 192 valence electrons. The standard InChI is InChI=1S/C27H31N7O3/c1-17-8-23(25(30-12-17)37-14-20-13-34(3)6-7-36-20)33-26-29-5-4-22(32-26)18-9-19(11-28)24-21(10-18)27(2,16-35)15-31-24/h4-5,8-10,12,20,31,35H,6-7,13-16H2,1-3H3,(H,29,32,33). The molecule has 2 unspecified atom stereocenters. The van der Waals surface area contributed by atoms with Crippen LogP contribution in [-0.2, 0) is 10.2 Å². The lowest BCUT2D eigenvalue weighted by Crippen LogP contribution is -2.42. The molecule has 2 aliphatic heterocycles. The van der Waals surface area contributed by atoms with E-state index in [4.69, 9.17) is 14.5 Å². The Balaban J connectivity index is 1.40. The van der Waals surface area contributed by atoms with Gasteiger partial charge in [-0.2, -0.15) is 5.26 Å². The van der Waals surface area contributed by atoms with Gasteiger partial charge >= 0.3 is 0 Å². The molecule has 5 rings (SSSR count). The summed E-state index contributed by atoms with van der Waals surface area (Å²) < 4.78 is 11.8. The van der Waals surface area contributed by atoms with Gasteiger partial charge in [0.15, 0.2) is 0 Å². The highest BCUT2D eigenvalue weighted by Gasteiger charge is 2.36. The van der Waals surface area contributed by atoms with Gasteiger partial charge in [-0.15, -0.1) is 0 Å². The van der Waals surface area contributed by atoms with Crippen LogP contribution in [0.2, 0.25) is 0 Å². The third kappa shape index (κ3) is 5.20. The summed E-state index contributed by atoms with van der Waals surface area (Å²) in [6.45, 7) is 7.26. The second-order valence-electron chi connectivity index (χ2n) is 9.95. The summed E-state index contributed by atoms with van der Waals surface area (Å²) in [6, 6.07) is 9.81. The summed E-state index contributed by atoms with van der Waals surface area (Å²) in [4.78, 5) is 15.8. The van der Waals surface area contributed by atoms with Crippen molar-refractivity contribution in [1.82, 2.24) is 19.9 Å². The Hall–Kier alpha value is -3.78. The molecule has 1 saturated heterocycles. The maximum atomic E-state index is 10.0. The number of aromatic nitrogens is 3. The van der Waals surface area contributed by atoms with Crippen LogP contribution >= 0.6 is 0 Å². The number of nitriles is 1. The highest BCUT2D eigenvalue weighted by atomic mass is 16.5. The maximum absolute atomic E-state index is 10.0. The minimum atomic E-state index is -0.471. The van der Waals surface area contributed by atoms with Gasteiger partial charge in [0, 0.05) is 43.0 Å². The molecule has 0 saturated carbocycles. The lowest BCUT2D eigenvalue weighted by atomic mass is 9.83. The number of morpholine rings is 1. The Kier molecular flexibility index (Phi) is 6.93. The quantitative estimate of drug-likeness (QED) is 0.444. The van der Waals surface area contributed by atoms with Crippen LogP contribution in [0.5, 0.6) is 5.88 Å². The van der Waals surface area contributed by atoms with Crippen molar-refractivity contribution in [2.24, 2.45) is 0 Å². The number of benzene rings is 1. The Morgan fingerprint density at radius 3 is 3.00 bits per heavy atom. The molecule has 10 nitrogen and oxygen atoms in total. The zero-order valence-corrected chi connectivity index (χ0v) is 21.3. The minimum Gasteiger partial charge on any atom is -0.473 e. The first kappa shape index (κ1) is 24.9. The number of rotatable bonds is 7. The largest absolute Gasteiger partial charge is 0.473 e. The maximum Gasteiger partial charge on any atom is 0.237 e. The number of likely N-dealkylation sites (N-methyl/N-ethyl adjacent to an activating group) is 1. The molecule has 3 aromatic rings. The number of nitrogens with one attached hydrogen (secondary N) is 2. The monoisotopic (exact) mass is 501 g/mol. The molecule has 2 atom stereocenters. The first-order chi connectivity index (χ1) is 17.9. The zero-order chi connectivity index (χ0) is 26.0. The summed E-state index contributed by atoms with van der Waals surface area (Å²) in [5.74, 6) is 0.830. The van der Waals surface area contributed by atoms with E-state index in [1.54, 1.807) is 18.5 Å². The molecule has 0 bridgehead atoms. The zero-order valence-electron chi connectivity index (χ0n) is 21.3. The van der Waals surface area contributed by atoms with Gasteiger partial charge in [0.2, 0.25) is 11.8 Å². The molecule has 1 aromatic carbocycles. The van der Waals surface area contributed by atoms with Crippen molar-refractivity contribution in [3.8, 4) is 23.2 Å². The Bertz CT molecular complexity index is 1340. The van der Waals surface area contributed by atoms with Crippen molar-refractivity contribution in [2.45, 2.75) is 25.4 Å². The normalized spacial score (nSPS) is 21.1. The average molecular weight is 502 g/mol. The predicted octanol–water partition coefficient (Wildman–Crippen LogP) is 2.85. The Morgan fingerprint density at radius 2 is 2.22 bits per heavy atom. The molecule has 37 heavy (non-hydrogen) atoms. The SMILES string of the molecule is Cc1cnc(OCC2CN(C)CCO2)c(Nc2nccc(-c3cc(C#N)c4c(c3)C(C)(CO)CN4)n2)c1. The van der Waals surface area contributed by atoms with Crippen molar-refractivity contribution in [2.75, 3.05) is 57.1 Å². The van der Waals surface area contributed by atoms with Crippen LogP contribution in [0.15, 0.2) is 36.7 Å².